The summed E-state index contributed by atoms with van der Waals surface area (Å²) in [5.41, 5.74) is 1.96. The summed E-state index contributed by atoms with van der Waals surface area (Å²) in [4.78, 5) is 0. The summed E-state index contributed by atoms with van der Waals surface area (Å²) in [5.74, 6) is 0. The zero-order chi connectivity index (χ0) is 17.1. The van der Waals surface area contributed by atoms with Crippen LogP contribution in [0.25, 0.3) is 43.5 Å². The number of fused-ring (bicyclic) bond motifs is 8. The van der Waals surface area contributed by atoms with Crippen molar-refractivity contribution in [1.82, 2.24) is 0 Å². The van der Waals surface area contributed by atoms with Crippen LogP contribution >= 0.6 is 11.6 Å². The third-order valence-electron chi connectivity index (χ3n) is 4.72. The van der Waals surface area contributed by atoms with E-state index in [1.165, 1.54) is 0 Å². The summed E-state index contributed by atoms with van der Waals surface area (Å²) in [7, 11) is -1.52. The first-order chi connectivity index (χ1) is 12.1. The molecule has 0 amide bonds. The minimum Gasteiger partial charge on any atom is -0.455 e. The third kappa shape index (κ3) is 2.31. The van der Waals surface area contributed by atoms with Crippen molar-refractivity contribution < 1.29 is 14.5 Å². The molecule has 0 atom stereocenters. The molecule has 2 N–H and O–H groups in total. The molecule has 4 aromatic carbocycles. The van der Waals surface area contributed by atoms with Crippen LogP contribution in [-0.2, 0) is 0 Å². The van der Waals surface area contributed by atoms with Gasteiger partial charge >= 0.3 is 7.12 Å². The van der Waals surface area contributed by atoms with Gasteiger partial charge in [0.15, 0.2) is 0 Å². The van der Waals surface area contributed by atoms with Crippen molar-refractivity contribution in [3.05, 3.63) is 73.1 Å². The molecule has 0 bridgehead atoms. The van der Waals surface area contributed by atoms with Gasteiger partial charge in [0.1, 0.15) is 11.2 Å². The molecule has 1 aromatic heterocycles. The molecule has 0 aliphatic carbocycles. The van der Waals surface area contributed by atoms with Gasteiger partial charge in [-0.15, -0.1) is 0 Å². The Morgan fingerprint density at radius 3 is 2.31 bits per heavy atom. The number of para-hydroxylation sites is 1. The lowest BCUT2D eigenvalue weighted by atomic mass is 9.79. The molecule has 5 aromatic rings. The number of halogens is 1. The highest BCUT2D eigenvalue weighted by Gasteiger charge is 2.18. The normalized spacial score (nSPS) is 11.3. The van der Waals surface area contributed by atoms with Crippen LogP contribution in [0.15, 0.2) is 65.1 Å². The fourth-order valence-electron chi connectivity index (χ4n) is 3.61. The monoisotopic (exact) mass is 361 g/mol. The molecule has 0 aliphatic heterocycles. The Kier molecular flexibility index (Phi) is 3.92. The van der Waals surface area contributed by atoms with Crippen molar-refractivity contribution in [2.24, 2.45) is 0 Å². The lowest BCUT2D eigenvalue weighted by molar-refractivity contribution is 0.426. The molecule has 1 heterocycles. The SMILES string of the molecule is OB(O)c1ccc2c3ccc(Cl)cc3c3c4ccccc4oc3c2c1.[CH3-]. The number of hydrogen-bond donors (Lipinski definition) is 2. The number of rotatable bonds is 1. The summed E-state index contributed by atoms with van der Waals surface area (Å²) >= 11 is 6.26. The smallest absolute Gasteiger partial charge is 0.455 e. The average molecular weight is 362 g/mol. The molecule has 26 heavy (non-hydrogen) atoms. The molecule has 0 aliphatic rings. The van der Waals surface area contributed by atoms with E-state index in [0.717, 1.165) is 43.5 Å². The van der Waals surface area contributed by atoms with E-state index < -0.39 is 7.12 Å². The second kappa shape index (κ2) is 6.03. The lowest BCUT2D eigenvalue weighted by Gasteiger charge is -2.09. The fourth-order valence-corrected chi connectivity index (χ4v) is 3.78. The van der Waals surface area contributed by atoms with Gasteiger partial charge in [-0.1, -0.05) is 54.1 Å². The van der Waals surface area contributed by atoms with Gasteiger partial charge in [0, 0.05) is 21.2 Å². The molecular weight excluding hydrogens is 346 g/mol. The van der Waals surface area contributed by atoms with Crippen LogP contribution in [0, 0.1) is 7.43 Å². The van der Waals surface area contributed by atoms with Crippen molar-refractivity contribution in [2.75, 3.05) is 0 Å². The van der Waals surface area contributed by atoms with Gasteiger partial charge in [-0.25, -0.2) is 0 Å². The molecule has 0 spiro atoms. The van der Waals surface area contributed by atoms with E-state index in [1.807, 2.05) is 48.5 Å². The summed E-state index contributed by atoms with van der Waals surface area (Å²) in [5, 5.41) is 25.7. The fraction of sp³-hybridized carbons (Fsp3) is 0. The highest BCUT2D eigenvalue weighted by Crippen LogP contribution is 2.41. The van der Waals surface area contributed by atoms with Gasteiger partial charge < -0.3 is 21.9 Å². The second-order valence-corrected chi connectivity index (χ2v) is 6.61. The van der Waals surface area contributed by atoms with Gasteiger partial charge in [-0.3, -0.25) is 0 Å². The Morgan fingerprint density at radius 1 is 0.769 bits per heavy atom. The van der Waals surface area contributed by atoms with E-state index in [2.05, 4.69) is 0 Å². The van der Waals surface area contributed by atoms with Gasteiger partial charge in [-0.2, -0.15) is 0 Å². The topological polar surface area (TPSA) is 53.6 Å². The summed E-state index contributed by atoms with van der Waals surface area (Å²) < 4.78 is 6.14. The van der Waals surface area contributed by atoms with Crippen LogP contribution in [0.2, 0.25) is 5.02 Å². The Balaban J connectivity index is 0.00000168. The van der Waals surface area contributed by atoms with Crippen molar-refractivity contribution >= 4 is 67.7 Å². The van der Waals surface area contributed by atoms with Crippen molar-refractivity contribution in [2.45, 2.75) is 0 Å². The molecule has 0 unspecified atom stereocenters. The zero-order valence-electron chi connectivity index (χ0n) is 14.0. The second-order valence-electron chi connectivity index (χ2n) is 6.17. The average Bonchev–Trinajstić information content (AvgIpc) is 3.01. The van der Waals surface area contributed by atoms with Gasteiger partial charge in [-0.05, 0) is 39.8 Å². The molecule has 5 rings (SSSR count). The third-order valence-corrected chi connectivity index (χ3v) is 4.96. The van der Waals surface area contributed by atoms with Gasteiger partial charge in [0.2, 0.25) is 0 Å². The summed E-state index contributed by atoms with van der Waals surface area (Å²) in [6.45, 7) is 0. The molecular formula is C21H15BClO3-. The van der Waals surface area contributed by atoms with E-state index in [-0.39, 0.29) is 7.43 Å². The predicted octanol–water partition coefficient (Wildman–Crippen LogP) is 4.68. The first kappa shape index (κ1) is 16.9. The first-order valence-electron chi connectivity index (χ1n) is 7.96. The van der Waals surface area contributed by atoms with Crippen LogP contribution in [0.5, 0.6) is 0 Å². The summed E-state index contributed by atoms with van der Waals surface area (Å²) in [6, 6.07) is 19.1. The lowest BCUT2D eigenvalue weighted by Crippen LogP contribution is -2.29. The van der Waals surface area contributed by atoms with Crippen molar-refractivity contribution in [1.29, 1.82) is 0 Å². The van der Waals surface area contributed by atoms with E-state index in [0.29, 0.717) is 10.5 Å². The van der Waals surface area contributed by atoms with E-state index >= 15 is 0 Å². The van der Waals surface area contributed by atoms with Crippen LogP contribution in [0.4, 0.5) is 0 Å². The molecule has 5 heteroatoms. The molecule has 0 radical (unpaired) electrons. The van der Waals surface area contributed by atoms with Crippen molar-refractivity contribution in [3.8, 4) is 0 Å². The van der Waals surface area contributed by atoms with E-state index in [4.69, 9.17) is 16.0 Å². The molecule has 3 nitrogen and oxygen atoms in total. The Morgan fingerprint density at radius 2 is 1.50 bits per heavy atom. The van der Waals surface area contributed by atoms with Crippen LogP contribution < -0.4 is 5.46 Å². The standard InChI is InChI=1S/C20H12BClO3.CH3/c22-12-6-8-13-14-7-5-11(21(23)24)9-17(14)20-19(16(13)10-12)15-3-1-2-4-18(15)25-20;/h1-10,23-24H;1H3/q;-1. The highest BCUT2D eigenvalue weighted by atomic mass is 35.5. The van der Waals surface area contributed by atoms with Crippen molar-refractivity contribution in [3.63, 3.8) is 0 Å². The van der Waals surface area contributed by atoms with E-state index in [1.54, 1.807) is 12.1 Å². The number of furan rings is 1. The molecule has 0 saturated heterocycles. The van der Waals surface area contributed by atoms with Crippen LogP contribution in [0.1, 0.15) is 0 Å². The maximum Gasteiger partial charge on any atom is 0.488 e. The number of hydrogen-bond acceptors (Lipinski definition) is 3. The maximum atomic E-state index is 9.55. The Bertz CT molecular complexity index is 1290. The Labute approximate surface area is 155 Å². The molecule has 0 fully saturated rings. The summed E-state index contributed by atoms with van der Waals surface area (Å²) in [6.07, 6.45) is 0. The molecule has 128 valence electrons. The van der Waals surface area contributed by atoms with Crippen LogP contribution in [0.3, 0.4) is 0 Å². The minimum absolute atomic E-state index is 0. The predicted molar refractivity (Wildman–Crippen MR) is 110 cm³/mol. The number of benzene rings is 4. The maximum absolute atomic E-state index is 9.55. The highest BCUT2D eigenvalue weighted by molar-refractivity contribution is 6.59. The largest absolute Gasteiger partial charge is 0.488 e. The van der Waals surface area contributed by atoms with Gasteiger partial charge in [0.05, 0.1) is 0 Å². The van der Waals surface area contributed by atoms with E-state index in [9.17, 15) is 10.0 Å². The molecule has 0 saturated carbocycles. The zero-order valence-corrected chi connectivity index (χ0v) is 14.8. The minimum atomic E-state index is -1.52. The Hall–Kier alpha value is -2.53. The van der Waals surface area contributed by atoms with Crippen LogP contribution in [-0.4, -0.2) is 17.2 Å². The quantitative estimate of drug-likeness (QED) is 0.259. The first-order valence-corrected chi connectivity index (χ1v) is 8.33. The van der Waals surface area contributed by atoms with Gasteiger partial charge in [0.25, 0.3) is 0 Å².